The van der Waals surface area contributed by atoms with E-state index >= 15 is 0 Å². The largest absolute Gasteiger partial charge is 0.480 e. The molecule has 0 aliphatic rings. The first-order valence-electron chi connectivity index (χ1n) is 8.16. The van der Waals surface area contributed by atoms with E-state index in [-0.39, 0.29) is 11.4 Å². The van der Waals surface area contributed by atoms with Gasteiger partial charge in [-0.15, -0.1) is 0 Å². The summed E-state index contributed by atoms with van der Waals surface area (Å²) in [5.41, 5.74) is 0.963. The number of rotatable bonds is 11. The van der Waals surface area contributed by atoms with Gasteiger partial charge in [0.05, 0.1) is 4.90 Å². The molecule has 0 aliphatic heterocycles. The third-order valence-electron chi connectivity index (χ3n) is 3.73. The van der Waals surface area contributed by atoms with Crippen LogP contribution < -0.4 is 0 Å². The Hall–Kier alpha value is -1.40. The van der Waals surface area contributed by atoms with Gasteiger partial charge >= 0.3 is 5.97 Å². The number of benzene rings is 1. The highest BCUT2D eigenvalue weighted by Gasteiger charge is 2.25. The number of carboxylic acids is 1. The molecule has 0 saturated heterocycles. The molecule has 1 aromatic carbocycles. The van der Waals surface area contributed by atoms with Crippen molar-refractivity contribution in [3.8, 4) is 0 Å². The number of nitrogens with zero attached hydrogens (tertiary/aromatic N) is 1. The normalized spacial score (nSPS) is 11.8. The van der Waals surface area contributed by atoms with Gasteiger partial charge in [0.25, 0.3) is 0 Å². The van der Waals surface area contributed by atoms with E-state index in [0.29, 0.717) is 6.42 Å². The highest BCUT2D eigenvalue weighted by atomic mass is 32.2. The molecule has 1 N–H and O–H groups in total. The topological polar surface area (TPSA) is 74.7 Å². The fraction of sp³-hybridized carbons (Fsp3) is 0.588. The van der Waals surface area contributed by atoms with Crippen LogP contribution in [-0.4, -0.2) is 36.9 Å². The van der Waals surface area contributed by atoms with Crippen LogP contribution in [-0.2, 0) is 14.8 Å². The minimum absolute atomic E-state index is 0.148. The summed E-state index contributed by atoms with van der Waals surface area (Å²) in [4.78, 5) is 11.2. The zero-order valence-electron chi connectivity index (χ0n) is 14.0. The Morgan fingerprint density at radius 2 is 1.61 bits per heavy atom. The van der Waals surface area contributed by atoms with Crippen molar-refractivity contribution in [3.05, 3.63) is 29.8 Å². The van der Waals surface area contributed by atoms with Crippen molar-refractivity contribution in [2.45, 2.75) is 57.3 Å². The number of unbranched alkanes of at least 4 members (excludes halogenated alkanes) is 5. The van der Waals surface area contributed by atoms with Crippen LogP contribution in [0.2, 0.25) is 0 Å². The van der Waals surface area contributed by atoms with E-state index in [0.717, 1.165) is 35.6 Å². The molecule has 0 aromatic heterocycles. The molecule has 0 amide bonds. The van der Waals surface area contributed by atoms with Crippen molar-refractivity contribution >= 4 is 16.0 Å². The molecule has 130 valence electrons. The molecule has 5 nitrogen and oxygen atoms in total. The van der Waals surface area contributed by atoms with Gasteiger partial charge in [0.1, 0.15) is 6.54 Å². The van der Waals surface area contributed by atoms with Gasteiger partial charge < -0.3 is 5.11 Å². The van der Waals surface area contributed by atoms with Crippen molar-refractivity contribution in [3.63, 3.8) is 0 Å². The summed E-state index contributed by atoms with van der Waals surface area (Å²) in [6, 6.07) is 6.49. The van der Waals surface area contributed by atoms with Crippen molar-refractivity contribution < 1.29 is 18.3 Å². The molecule has 0 aliphatic carbocycles. The number of hydrogen-bond acceptors (Lipinski definition) is 3. The van der Waals surface area contributed by atoms with Gasteiger partial charge in [0.2, 0.25) is 10.0 Å². The summed E-state index contributed by atoms with van der Waals surface area (Å²) in [5.74, 6) is -1.13. The zero-order valence-corrected chi connectivity index (χ0v) is 14.8. The summed E-state index contributed by atoms with van der Waals surface area (Å²) >= 11 is 0. The van der Waals surface area contributed by atoms with Crippen LogP contribution in [0, 0.1) is 6.92 Å². The number of hydrogen-bond donors (Lipinski definition) is 1. The molecule has 1 aromatic rings. The first-order valence-corrected chi connectivity index (χ1v) is 9.60. The van der Waals surface area contributed by atoms with Gasteiger partial charge in [-0.1, -0.05) is 56.7 Å². The van der Waals surface area contributed by atoms with E-state index in [1.807, 2.05) is 6.92 Å². The maximum atomic E-state index is 12.6. The Morgan fingerprint density at radius 3 is 2.17 bits per heavy atom. The summed E-state index contributed by atoms with van der Waals surface area (Å²) in [6.45, 7) is 3.77. The summed E-state index contributed by atoms with van der Waals surface area (Å²) in [5, 5.41) is 9.00. The molecule has 0 spiro atoms. The Morgan fingerprint density at radius 1 is 1.04 bits per heavy atom. The maximum absolute atomic E-state index is 12.6. The molecule has 0 saturated carbocycles. The number of aliphatic carboxylic acids is 1. The van der Waals surface area contributed by atoms with Crippen LogP contribution in [0.3, 0.4) is 0 Å². The van der Waals surface area contributed by atoms with Crippen molar-refractivity contribution in [2.24, 2.45) is 0 Å². The highest BCUT2D eigenvalue weighted by molar-refractivity contribution is 7.89. The average molecular weight is 341 g/mol. The predicted octanol–water partition coefficient (Wildman–Crippen LogP) is 3.43. The Balaban J connectivity index is 2.72. The molecular formula is C17H27NO4S. The van der Waals surface area contributed by atoms with Crippen LogP contribution in [0.4, 0.5) is 0 Å². The van der Waals surface area contributed by atoms with Crippen molar-refractivity contribution in [2.75, 3.05) is 13.1 Å². The predicted molar refractivity (Wildman–Crippen MR) is 90.9 cm³/mol. The first kappa shape index (κ1) is 19.6. The van der Waals surface area contributed by atoms with E-state index in [2.05, 4.69) is 6.92 Å². The minimum atomic E-state index is -3.76. The molecule has 0 radical (unpaired) electrons. The quantitative estimate of drug-likeness (QED) is 0.626. The van der Waals surface area contributed by atoms with Crippen LogP contribution in [0.25, 0.3) is 0 Å². The van der Waals surface area contributed by atoms with Crippen molar-refractivity contribution in [1.29, 1.82) is 0 Å². The molecule has 1 rings (SSSR count). The van der Waals surface area contributed by atoms with Gasteiger partial charge in [-0.05, 0) is 25.5 Å². The number of sulfonamides is 1. The summed E-state index contributed by atoms with van der Waals surface area (Å²) in [6.07, 6.45) is 6.13. The number of carboxylic acid groups (broad SMARTS) is 1. The lowest BCUT2D eigenvalue weighted by atomic mass is 10.1. The second kappa shape index (κ2) is 9.67. The van der Waals surface area contributed by atoms with Crippen LogP contribution in [0.5, 0.6) is 0 Å². The van der Waals surface area contributed by atoms with E-state index in [1.54, 1.807) is 12.1 Å². The Bertz CT molecular complexity index is 581. The SMILES string of the molecule is CCCCCCCCN(CC(=O)O)S(=O)(=O)c1ccc(C)cc1. The lowest BCUT2D eigenvalue weighted by Gasteiger charge is -2.20. The second-order valence-electron chi connectivity index (χ2n) is 5.81. The lowest BCUT2D eigenvalue weighted by Crippen LogP contribution is -2.36. The molecule has 0 heterocycles. The third kappa shape index (κ3) is 6.71. The zero-order chi connectivity index (χ0) is 17.3. The Kier molecular flexibility index (Phi) is 8.26. The monoisotopic (exact) mass is 341 g/mol. The smallest absolute Gasteiger partial charge is 0.318 e. The summed E-state index contributed by atoms with van der Waals surface area (Å²) in [7, 11) is -3.76. The van der Waals surface area contributed by atoms with Crippen LogP contribution in [0.15, 0.2) is 29.2 Å². The van der Waals surface area contributed by atoms with Gasteiger partial charge in [-0.3, -0.25) is 4.79 Å². The molecule has 6 heteroatoms. The molecule has 0 atom stereocenters. The van der Waals surface area contributed by atoms with Gasteiger partial charge in [0, 0.05) is 6.54 Å². The third-order valence-corrected chi connectivity index (χ3v) is 5.59. The average Bonchev–Trinajstić information content (AvgIpc) is 2.49. The fourth-order valence-corrected chi connectivity index (χ4v) is 3.79. The molecular weight excluding hydrogens is 314 g/mol. The first-order chi connectivity index (χ1) is 10.9. The van der Waals surface area contributed by atoms with Gasteiger partial charge in [0.15, 0.2) is 0 Å². The lowest BCUT2D eigenvalue weighted by molar-refractivity contribution is -0.137. The van der Waals surface area contributed by atoms with E-state index < -0.39 is 22.5 Å². The van der Waals surface area contributed by atoms with Crippen LogP contribution >= 0.6 is 0 Å². The van der Waals surface area contributed by atoms with E-state index in [9.17, 15) is 13.2 Å². The summed E-state index contributed by atoms with van der Waals surface area (Å²) < 4.78 is 26.3. The van der Waals surface area contributed by atoms with E-state index in [4.69, 9.17) is 5.11 Å². The molecule has 23 heavy (non-hydrogen) atoms. The van der Waals surface area contributed by atoms with E-state index in [1.165, 1.54) is 18.6 Å². The number of carbonyl (C=O) groups is 1. The standard InChI is InChI=1S/C17H27NO4S/c1-3-4-5-6-7-8-13-18(14-17(19)20)23(21,22)16-11-9-15(2)10-12-16/h9-12H,3-8,13-14H2,1-2H3,(H,19,20). The molecule has 0 bridgehead atoms. The second-order valence-corrected chi connectivity index (χ2v) is 7.75. The maximum Gasteiger partial charge on any atom is 0.318 e. The minimum Gasteiger partial charge on any atom is -0.480 e. The fourth-order valence-electron chi connectivity index (χ4n) is 2.36. The van der Waals surface area contributed by atoms with Crippen LogP contribution in [0.1, 0.15) is 51.0 Å². The molecule has 0 unspecified atom stereocenters. The molecule has 0 fully saturated rings. The van der Waals surface area contributed by atoms with Gasteiger partial charge in [-0.25, -0.2) is 8.42 Å². The number of aryl methyl sites for hydroxylation is 1. The Labute approximate surface area is 139 Å². The highest BCUT2D eigenvalue weighted by Crippen LogP contribution is 2.17. The van der Waals surface area contributed by atoms with Crippen molar-refractivity contribution in [1.82, 2.24) is 4.31 Å². The van der Waals surface area contributed by atoms with Gasteiger partial charge in [-0.2, -0.15) is 4.31 Å².